The number of rotatable bonds is 4. The molecule has 148 valence electrons. The van der Waals surface area contributed by atoms with Gasteiger partial charge in [0.05, 0.1) is 6.04 Å². The van der Waals surface area contributed by atoms with Gasteiger partial charge in [-0.1, -0.05) is 18.2 Å². The number of benzene rings is 1. The Bertz CT molecular complexity index is 1040. The quantitative estimate of drug-likeness (QED) is 0.610. The second-order valence-electron chi connectivity index (χ2n) is 7.58. The van der Waals surface area contributed by atoms with Crippen LogP contribution in [0.25, 0.3) is 0 Å². The van der Waals surface area contributed by atoms with Crippen LogP contribution in [0.1, 0.15) is 50.1 Å². The molecule has 6 heteroatoms. The Balaban J connectivity index is 1.44. The van der Waals surface area contributed by atoms with Gasteiger partial charge >= 0.3 is 0 Å². The minimum Gasteiger partial charge on any atom is -0.338 e. The molecule has 3 aromatic rings. The second kappa shape index (κ2) is 7.76. The lowest BCUT2D eigenvalue weighted by atomic mass is 9.97. The van der Waals surface area contributed by atoms with Gasteiger partial charge in [0.1, 0.15) is 0 Å². The van der Waals surface area contributed by atoms with Crippen molar-refractivity contribution in [2.24, 2.45) is 0 Å². The predicted molar refractivity (Wildman–Crippen MR) is 116 cm³/mol. The number of thiophene rings is 2. The number of nitrogens with zero attached hydrogens (tertiary/aromatic N) is 2. The third-order valence-corrected chi connectivity index (χ3v) is 7.68. The lowest BCUT2D eigenvalue weighted by Gasteiger charge is -2.35. The Hall–Kier alpha value is -2.44. The molecule has 1 saturated heterocycles. The first-order valence-electron chi connectivity index (χ1n) is 9.98. The number of carbonyl (C=O) groups is 2. The zero-order chi connectivity index (χ0) is 19.8. The molecule has 2 aromatic heterocycles. The van der Waals surface area contributed by atoms with Crippen molar-refractivity contribution in [3.63, 3.8) is 0 Å². The third kappa shape index (κ3) is 3.51. The van der Waals surface area contributed by atoms with Crippen LogP contribution in [0.5, 0.6) is 0 Å². The first-order valence-corrected chi connectivity index (χ1v) is 11.7. The Labute approximate surface area is 178 Å². The number of likely N-dealkylation sites (tertiary alicyclic amines) is 1. The fourth-order valence-corrected chi connectivity index (χ4v) is 6.11. The Morgan fingerprint density at radius 2 is 1.97 bits per heavy atom. The fourth-order valence-electron chi connectivity index (χ4n) is 4.35. The highest BCUT2D eigenvalue weighted by molar-refractivity contribution is 7.10. The minimum atomic E-state index is -0.0127. The van der Waals surface area contributed by atoms with Crippen LogP contribution in [-0.4, -0.2) is 34.7 Å². The van der Waals surface area contributed by atoms with Gasteiger partial charge in [-0.25, -0.2) is 0 Å². The third-order valence-electron chi connectivity index (χ3n) is 5.76. The van der Waals surface area contributed by atoms with Crippen LogP contribution in [0.15, 0.2) is 53.2 Å². The van der Waals surface area contributed by atoms with Gasteiger partial charge in [-0.2, -0.15) is 0 Å². The monoisotopic (exact) mass is 422 g/mol. The largest absolute Gasteiger partial charge is 0.338 e. The molecular weight excluding hydrogens is 400 g/mol. The van der Waals surface area contributed by atoms with Crippen molar-refractivity contribution in [1.29, 1.82) is 0 Å². The van der Waals surface area contributed by atoms with E-state index in [2.05, 4.69) is 29.0 Å². The standard InChI is InChI=1S/C23H22N2O2S2/c26-21-7-2-10-24(21)15-16-4-1-5-17(14-16)23(27)25-11-8-19-18(9-13-29-19)22(25)20-6-3-12-28-20/h1,3-6,9,12-14,22H,2,7-8,10-11,15H2. The molecule has 1 aromatic carbocycles. The average Bonchev–Trinajstić information content (AvgIpc) is 3.49. The maximum atomic E-state index is 13.5. The molecule has 2 aliphatic heterocycles. The van der Waals surface area contributed by atoms with Crippen molar-refractivity contribution in [2.45, 2.75) is 31.8 Å². The summed E-state index contributed by atoms with van der Waals surface area (Å²) in [6, 6.07) is 14.1. The van der Waals surface area contributed by atoms with Crippen LogP contribution in [0.3, 0.4) is 0 Å². The minimum absolute atomic E-state index is 0.0127. The fraction of sp³-hybridized carbons (Fsp3) is 0.304. The van der Waals surface area contributed by atoms with E-state index in [9.17, 15) is 9.59 Å². The second-order valence-corrected chi connectivity index (χ2v) is 9.56. The van der Waals surface area contributed by atoms with Crippen LogP contribution in [0.2, 0.25) is 0 Å². The van der Waals surface area contributed by atoms with Crippen LogP contribution in [-0.2, 0) is 17.8 Å². The number of carbonyl (C=O) groups excluding carboxylic acids is 2. The van der Waals surface area contributed by atoms with Crippen molar-refractivity contribution >= 4 is 34.5 Å². The Kier molecular flexibility index (Phi) is 4.97. The van der Waals surface area contributed by atoms with Gasteiger partial charge in [-0.15, -0.1) is 22.7 Å². The van der Waals surface area contributed by atoms with Gasteiger partial charge in [0, 0.05) is 41.4 Å². The maximum Gasteiger partial charge on any atom is 0.254 e. The van der Waals surface area contributed by atoms with Crippen molar-refractivity contribution in [3.05, 3.63) is 79.7 Å². The number of fused-ring (bicyclic) bond motifs is 1. The zero-order valence-electron chi connectivity index (χ0n) is 16.0. The lowest BCUT2D eigenvalue weighted by Crippen LogP contribution is -2.39. The lowest BCUT2D eigenvalue weighted by molar-refractivity contribution is -0.128. The summed E-state index contributed by atoms with van der Waals surface area (Å²) in [5, 5.41) is 4.21. The van der Waals surface area contributed by atoms with Crippen molar-refractivity contribution in [2.75, 3.05) is 13.1 Å². The normalized spacial score (nSPS) is 18.9. The number of amides is 2. The van der Waals surface area contributed by atoms with E-state index in [1.165, 1.54) is 15.3 Å². The van der Waals surface area contributed by atoms with Crippen molar-refractivity contribution in [3.8, 4) is 0 Å². The van der Waals surface area contributed by atoms with Gasteiger partial charge in [-0.3, -0.25) is 9.59 Å². The molecule has 1 unspecified atom stereocenters. The van der Waals surface area contributed by atoms with E-state index < -0.39 is 0 Å². The molecule has 2 amide bonds. The van der Waals surface area contributed by atoms with E-state index in [4.69, 9.17) is 0 Å². The van der Waals surface area contributed by atoms with Crippen LogP contribution < -0.4 is 0 Å². The first kappa shape index (κ1) is 18.6. The molecule has 4 heterocycles. The van der Waals surface area contributed by atoms with E-state index in [1.54, 1.807) is 22.7 Å². The summed E-state index contributed by atoms with van der Waals surface area (Å²) in [5.41, 5.74) is 2.98. The Morgan fingerprint density at radius 1 is 1.03 bits per heavy atom. The molecule has 2 aliphatic rings. The summed E-state index contributed by atoms with van der Waals surface area (Å²) < 4.78 is 0. The van der Waals surface area contributed by atoms with Crippen LogP contribution in [0, 0.1) is 0 Å². The topological polar surface area (TPSA) is 40.6 Å². The van der Waals surface area contributed by atoms with Crippen molar-refractivity contribution in [1.82, 2.24) is 9.80 Å². The van der Waals surface area contributed by atoms with Crippen molar-refractivity contribution < 1.29 is 9.59 Å². The first-order chi connectivity index (χ1) is 14.2. The van der Waals surface area contributed by atoms with Gasteiger partial charge in [-0.05, 0) is 59.0 Å². The molecule has 4 nitrogen and oxygen atoms in total. The smallest absolute Gasteiger partial charge is 0.254 e. The molecule has 0 radical (unpaired) electrons. The molecular formula is C23H22N2O2S2. The SMILES string of the molecule is O=C1CCCN1Cc1cccc(C(=O)N2CCc3sccc3C2c2cccs2)c1. The summed E-state index contributed by atoms with van der Waals surface area (Å²) in [7, 11) is 0. The molecule has 1 atom stereocenters. The molecule has 29 heavy (non-hydrogen) atoms. The van der Waals surface area contributed by atoms with Gasteiger partial charge in [0.2, 0.25) is 5.91 Å². The van der Waals surface area contributed by atoms with Gasteiger partial charge in [0.25, 0.3) is 5.91 Å². The maximum absolute atomic E-state index is 13.5. The molecule has 5 rings (SSSR count). The highest BCUT2D eigenvalue weighted by Gasteiger charge is 2.34. The summed E-state index contributed by atoms with van der Waals surface area (Å²) in [6.45, 7) is 2.12. The van der Waals surface area contributed by atoms with E-state index >= 15 is 0 Å². The summed E-state index contributed by atoms with van der Waals surface area (Å²) in [4.78, 5) is 32.0. The van der Waals surface area contributed by atoms with E-state index in [0.29, 0.717) is 18.5 Å². The molecule has 0 spiro atoms. The molecule has 0 aliphatic carbocycles. The number of hydrogen-bond acceptors (Lipinski definition) is 4. The van der Waals surface area contributed by atoms with E-state index in [1.807, 2.05) is 34.1 Å². The van der Waals surface area contributed by atoms with E-state index in [-0.39, 0.29) is 17.9 Å². The highest BCUT2D eigenvalue weighted by atomic mass is 32.1. The number of hydrogen-bond donors (Lipinski definition) is 0. The van der Waals surface area contributed by atoms with Gasteiger partial charge in [0.15, 0.2) is 0 Å². The molecule has 1 fully saturated rings. The van der Waals surface area contributed by atoms with Gasteiger partial charge < -0.3 is 9.80 Å². The zero-order valence-corrected chi connectivity index (χ0v) is 17.7. The van der Waals surface area contributed by atoms with E-state index in [0.717, 1.165) is 31.5 Å². The summed E-state index contributed by atoms with van der Waals surface area (Å²) in [6.07, 6.45) is 2.47. The molecule has 0 bridgehead atoms. The Morgan fingerprint density at radius 3 is 2.76 bits per heavy atom. The molecule has 0 saturated carbocycles. The summed E-state index contributed by atoms with van der Waals surface area (Å²) >= 11 is 3.49. The predicted octanol–water partition coefficient (Wildman–Crippen LogP) is 4.72. The summed E-state index contributed by atoms with van der Waals surface area (Å²) in [5.74, 6) is 0.273. The van der Waals surface area contributed by atoms with Crippen LogP contribution >= 0.6 is 22.7 Å². The molecule has 0 N–H and O–H groups in total. The highest BCUT2D eigenvalue weighted by Crippen LogP contribution is 2.40. The van der Waals surface area contributed by atoms with Crippen LogP contribution in [0.4, 0.5) is 0 Å². The average molecular weight is 423 g/mol.